The average molecular weight is 260 g/mol. The van der Waals surface area contributed by atoms with Gasteiger partial charge in [0.2, 0.25) is 0 Å². The van der Waals surface area contributed by atoms with Gasteiger partial charge in [-0.05, 0) is 24.1 Å². The Kier molecular flexibility index (Phi) is 4.12. The lowest BCUT2D eigenvalue weighted by atomic mass is 10.1. The molecule has 2 aromatic rings. The summed E-state index contributed by atoms with van der Waals surface area (Å²) in [6.07, 6.45) is 4.44. The van der Waals surface area contributed by atoms with Crippen LogP contribution in [0.1, 0.15) is 18.9 Å². The topological polar surface area (TPSA) is 73.0 Å². The molecule has 0 saturated heterocycles. The average Bonchev–Trinajstić information content (AvgIpc) is 2.90. The zero-order valence-corrected chi connectivity index (χ0v) is 10.7. The van der Waals surface area contributed by atoms with Crippen LogP contribution in [0.4, 0.5) is 11.4 Å². The lowest BCUT2D eigenvalue weighted by Gasteiger charge is -2.08. The molecule has 2 rings (SSSR count). The molecule has 0 bridgehead atoms. The third-order valence-electron chi connectivity index (χ3n) is 2.73. The Morgan fingerprint density at radius 2 is 2.32 bits per heavy atom. The summed E-state index contributed by atoms with van der Waals surface area (Å²) in [6, 6.07) is 7.06. The normalized spacial score (nSPS) is 10.4. The van der Waals surface area contributed by atoms with Crippen LogP contribution < -0.4 is 5.32 Å². The molecule has 0 amide bonds. The summed E-state index contributed by atoms with van der Waals surface area (Å²) in [5, 5.41) is 18.2. The van der Waals surface area contributed by atoms with Gasteiger partial charge in [0.15, 0.2) is 0 Å². The van der Waals surface area contributed by atoms with E-state index in [-0.39, 0.29) is 10.6 Å². The molecule has 0 radical (unpaired) electrons. The number of aromatic nitrogens is 2. The smallest absolute Gasteiger partial charge is 0.292 e. The minimum absolute atomic E-state index is 0.109. The van der Waals surface area contributed by atoms with Gasteiger partial charge in [-0.2, -0.15) is 5.10 Å². The number of rotatable bonds is 6. The van der Waals surface area contributed by atoms with Gasteiger partial charge in [-0.3, -0.25) is 14.8 Å². The summed E-state index contributed by atoms with van der Waals surface area (Å²) in [4.78, 5) is 10.7. The van der Waals surface area contributed by atoms with Gasteiger partial charge in [0, 0.05) is 25.0 Å². The summed E-state index contributed by atoms with van der Waals surface area (Å²) < 4.78 is 1.73. The molecule has 0 aliphatic heterocycles. The first-order chi connectivity index (χ1) is 9.20. The molecular weight excluding hydrogens is 244 g/mol. The van der Waals surface area contributed by atoms with E-state index in [1.807, 2.05) is 25.3 Å². The highest BCUT2D eigenvalue weighted by atomic mass is 16.6. The lowest BCUT2D eigenvalue weighted by Crippen LogP contribution is -2.05. The van der Waals surface area contributed by atoms with Gasteiger partial charge >= 0.3 is 0 Å². The third-order valence-corrected chi connectivity index (χ3v) is 2.73. The molecule has 0 unspecified atom stereocenters. The van der Waals surface area contributed by atoms with Crippen molar-refractivity contribution in [2.24, 2.45) is 0 Å². The van der Waals surface area contributed by atoms with Gasteiger partial charge in [-0.1, -0.05) is 13.0 Å². The van der Waals surface area contributed by atoms with Gasteiger partial charge in [0.1, 0.15) is 5.69 Å². The molecule has 0 fully saturated rings. The first kappa shape index (κ1) is 13.1. The highest BCUT2D eigenvalue weighted by molar-refractivity contribution is 5.62. The Morgan fingerprint density at radius 1 is 1.47 bits per heavy atom. The van der Waals surface area contributed by atoms with Gasteiger partial charge < -0.3 is 5.32 Å². The van der Waals surface area contributed by atoms with Crippen LogP contribution in [0.2, 0.25) is 0 Å². The predicted octanol–water partition coefficient (Wildman–Crippen LogP) is 2.66. The van der Waals surface area contributed by atoms with Crippen molar-refractivity contribution in [3.05, 3.63) is 52.3 Å². The zero-order valence-electron chi connectivity index (χ0n) is 10.7. The molecule has 1 N–H and O–H groups in total. The number of nitro groups is 1. The number of nitro benzene ring substituents is 1. The molecule has 0 saturated carbocycles. The molecule has 0 aliphatic rings. The molecule has 6 nitrogen and oxygen atoms in total. The number of hydrogen-bond acceptors (Lipinski definition) is 4. The highest BCUT2D eigenvalue weighted by Gasteiger charge is 2.14. The summed E-state index contributed by atoms with van der Waals surface area (Å²) in [5.41, 5.74) is 1.53. The lowest BCUT2D eigenvalue weighted by molar-refractivity contribution is -0.384. The SMILES string of the molecule is CCCNc1ccc(Cn2cccn2)cc1[N+](=O)[O-]. The van der Waals surface area contributed by atoms with E-state index >= 15 is 0 Å². The Hall–Kier alpha value is -2.37. The Balaban J connectivity index is 2.23. The number of nitrogens with one attached hydrogen (secondary N) is 1. The second-order valence-corrected chi connectivity index (χ2v) is 4.24. The van der Waals surface area contributed by atoms with Crippen LogP contribution in [0.3, 0.4) is 0 Å². The van der Waals surface area contributed by atoms with E-state index in [0.29, 0.717) is 12.2 Å². The molecular formula is C13H16N4O2. The number of anilines is 1. The molecule has 19 heavy (non-hydrogen) atoms. The van der Waals surface area contributed by atoms with E-state index in [1.54, 1.807) is 23.0 Å². The van der Waals surface area contributed by atoms with Crippen LogP contribution >= 0.6 is 0 Å². The summed E-state index contributed by atoms with van der Waals surface area (Å²) >= 11 is 0. The summed E-state index contributed by atoms with van der Waals surface area (Å²) in [5.74, 6) is 0. The monoisotopic (exact) mass is 260 g/mol. The van der Waals surface area contributed by atoms with Crippen LogP contribution in [-0.2, 0) is 6.54 Å². The quantitative estimate of drug-likeness (QED) is 0.640. The van der Waals surface area contributed by atoms with Crippen molar-refractivity contribution in [3.8, 4) is 0 Å². The minimum atomic E-state index is -0.357. The van der Waals surface area contributed by atoms with Crippen molar-refractivity contribution in [1.29, 1.82) is 0 Å². The van der Waals surface area contributed by atoms with Crippen LogP contribution in [-0.4, -0.2) is 21.2 Å². The van der Waals surface area contributed by atoms with Crippen molar-refractivity contribution in [3.63, 3.8) is 0 Å². The first-order valence-corrected chi connectivity index (χ1v) is 6.19. The molecule has 1 aromatic carbocycles. The Labute approximate surface area is 111 Å². The fourth-order valence-electron chi connectivity index (χ4n) is 1.82. The van der Waals surface area contributed by atoms with E-state index in [2.05, 4.69) is 10.4 Å². The van der Waals surface area contributed by atoms with Crippen molar-refractivity contribution < 1.29 is 4.92 Å². The van der Waals surface area contributed by atoms with Gasteiger partial charge in [-0.25, -0.2) is 0 Å². The van der Waals surface area contributed by atoms with Gasteiger partial charge in [-0.15, -0.1) is 0 Å². The fourth-order valence-corrected chi connectivity index (χ4v) is 1.82. The van der Waals surface area contributed by atoms with Crippen molar-refractivity contribution in [2.45, 2.75) is 19.9 Å². The molecule has 0 atom stereocenters. The van der Waals surface area contributed by atoms with Gasteiger partial charge in [0.05, 0.1) is 11.5 Å². The molecule has 6 heteroatoms. The molecule has 0 aliphatic carbocycles. The standard InChI is InChI=1S/C13H16N4O2/c1-2-6-14-12-5-4-11(9-13(12)17(18)19)10-16-8-3-7-15-16/h3-5,7-9,14H,2,6,10H2,1H3. The van der Waals surface area contributed by atoms with Crippen molar-refractivity contribution >= 4 is 11.4 Å². The largest absolute Gasteiger partial charge is 0.380 e. The van der Waals surface area contributed by atoms with Crippen LogP contribution in [0.15, 0.2) is 36.7 Å². The summed E-state index contributed by atoms with van der Waals surface area (Å²) in [6.45, 7) is 3.27. The molecule has 1 heterocycles. The maximum atomic E-state index is 11.1. The first-order valence-electron chi connectivity index (χ1n) is 6.19. The summed E-state index contributed by atoms with van der Waals surface area (Å²) in [7, 11) is 0. The Bertz CT molecular complexity index is 552. The second-order valence-electron chi connectivity index (χ2n) is 4.24. The third kappa shape index (κ3) is 3.31. The van der Waals surface area contributed by atoms with Crippen LogP contribution in [0, 0.1) is 10.1 Å². The maximum absolute atomic E-state index is 11.1. The van der Waals surface area contributed by atoms with Crippen LogP contribution in [0.5, 0.6) is 0 Å². The predicted molar refractivity (Wildman–Crippen MR) is 73.2 cm³/mol. The van der Waals surface area contributed by atoms with Crippen molar-refractivity contribution in [2.75, 3.05) is 11.9 Å². The zero-order chi connectivity index (χ0) is 13.7. The number of hydrogen-bond donors (Lipinski definition) is 1. The maximum Gasteiger partial charge on any atom is 0.292 e. The van der Waals surface area contributed by atoms with Gasteiger partial charge in [0.25, 0.3) is 5.69 Å². The van der Waals surface area contributed by atoms with E-state index < -0.39 is 0 Å². The molecule has 100 valence electrons. The highest BCUT2D eigenvalue weighted by Crippen LogP contribution is 2.25. The molecule has 0 spiro atoms. The fraction of sp³-hybridized carbons (Fsp3) is 0.308. The minimum Gasteiger partial charge on any atom is -0.380 e. The van der Waals surface area contributed by atoms with E-state index in [0.717, 1.165) is 18.5 Å². The van der Waals surface area contributed by atoms with E-state index in [1.165, 1.54) is 0 Å². The molecule has 1 aromatic heterocycles. The second kappa shape index (κ2) is 5.99. The number of nitrogens with zero attached hydrogens (tertiary/aromatic N) is 3. The van der Waals surface area contributed by atoms with Crippen LogP contribution in [0.25, 0.3) is 0 Å². The Morgan fingerprint density at radius 3 is 2.95 bits per heavy atom. The van der Waals surface area contributed by atoms with E-state index in [4.69, 9.17) is 0 Å². The number of benzene rings is 1. The van der Waals surface area contributed by atoms with Crippen molar-refractivity contribution in [1.82, 2.24) is 9.78 Å². The van der Waals surface area contributed by atoms with E-state index in [9.17, 15) is 10.1 Å².